The topological polar surface area (TPSA) is 102 Å². The number of carbonyl (C=O) groups excluding carboxylic acids is 1. The van der Waals surface area contributed by atoms with Crippen LogP contribution in [0.2, 0.25) is 5.02 Å². The maximum atomic E-state index is 12.3. The third-order valence-electron chi connectivity index (χ3n) is 4.72. The van der Waals surface area contributed by atoms with Crippen molar-refractivity contribution in [3.8, 4) is 5.75 Å². The van der Waals surface area contributed by atoms with Gasteiger partial charge in [-0.15, -0.1) is 0 Å². The van der Waals surface area contributed by atoms with Gasteiger partial charge in [0.05, 0.1) is 6.42 Å². The molecule has 2 aromatic rings. The van der Waals surface area contributed by atoms with E-state index in [1.54, 1.807) is 30.3 Å². The van der Waals surface area contributed by atoms with E-state index in [0.29, 0.717) is 22.8 Å². The first kappa shape index (κ1) is 21.6. The molecule has 29 heavy (non-hydrogen) atoms. The number of nitrogens with zero attached hydrogens (tertiary/aromatic N) is 1. The minimum atomic E-state index is -4.03. The number of carbonyl (C=O) groups is 1. The van der Waals surface area contributed by atoms with Crippen LogP contribution in [0.3, 0.4) is 0 Å². The van der Waals surface area contributed by atoms with E-state index in [1.807, 2.05) is 7.05 Å². The number of benzene rings is 2. The van der Waals surface area contributed by atoms with Gasteiger partial charge in [0.1, 0.15) is 16.7 Å². The van der Waals surface area contributed by atoms with Crippen LogP contribution in [0.1, 0.15) is 18.4 Å². The number of anilines is 1. The summed E-state index contributed by atoms with van der Waals surface area (Å²) in [5, 5.41) is 8.57. The molecule has 1 aliphatic heterocycles. The van der Waals surface area contributed by atoms with Crippen LogP contribution in [0.25, 0.3) is 0 Å². The summed E-state index contributed by atoms with van der Waals surface area (Å²) in [6.07, 6.45) is 1.76. The predicted octanol–water partition coefficient (Wildman–Crippen LogP) is 2.64. The zero-order valence-electron chi connectivity index (χ0n) is 16.1. The van der Waals surface area contributed by atoms with Crippen LogP contribution < -0.4 is 15.2 Å². The minimum Gasteiger partial charge on any atom is -0.488 e. The molecule has 9 heteroatoms. The lowest BCUT2D eigenvalue weighted by atomic mass is 10.1. The summed E-state index contributed by atoms with van der Waals surface area (Å²) in [5.74, 6) is -0.127. The lowest BCUT2D eigenvalue weighted by Gasteiger charge is -2.30. The number of hydrogen-bond acceptors (Lipinski definition) is 5. The lowest BCUT2D eigenvalue weighted by molar-refractivity contribution is -0.115. The Morgan fingerprint density at radius 1 is 1.31 bits per heavy atom. The van der Waals surface area contributed by atoms with Gasteiger partial charge < -0.3 is 15.0 Å². The van der Waals surface area contributed by atoms with E-state index in [1.165, 1.54) is 12.1 Å². The molecule has 156 valence electrons. The van der Waals surface area contributed by atoms with Gasteiger partial charge in [0, 0.05) is 17.3 Å². The van der Waals surface area contributed by atoms with Gasteiger partial charge in [-0.1, -0.05) is 29.8 Å². The molecule has 1 fully saturated rings. The fraction of sp³-hybridized carbons (Fsp3) is 0.350. The van der Waals surface area contributed by atoms with E-state index in [4.69, 9.17) is 21.5 Å². The maximum Gasteiger partial charge on any atom is 0.241 e. The normalized spacial score (nSPS) is 17.7. The number of nitrogens with two attached hydrogens (primary N) is 1. The Balaban J connectivity index is 1.76. The standard InChI is InChI=1S/C20H24ClN3O4S/c1-24-10-4-6-16(13-24)28-18-9-8-15(12-19(18)29(22,26)27)23-20(25)11-14-5-2-3-7-17(14)21/h2-3,5,7-9,12,16H,4,6,10-11,13H2,1H3,(H,23,25)(H2,22,26,27). The number of halogens is 1. The molecule has 0 spiro atoms. The molecule has 3 N–H and O–H groups in total. The van der Waals surface area contributed by atoms with Gasteiger partial charge in [-0.25, -0.2) is 13.6 Å². The highest BCUT2D eigenvalue weighted by Gasteiger charge is 2.23. The van der Waals surface area contributed by atoms with Gasteiger partial charge in [0.2, 0.25) is 15.9 Å². The summed E-state index contributed by atoms with van der Waals surface area (Å²) >= 11 is 6.08. The van der Waals surface area contributed by atoms with Crippen LogP contribution in [-0.4, -0.2) is 45.5 Å². The Hall–Kier alpha value is -2.13. The van der Waals surface area contributed by atoms with E-state index in [0.717, 1.165) is 19.4 Å². The zero-order valence-corrected chi connectivity index (χ0v) is 17.7. The van der Waals surface area contributed by atoms with Crippen LogP contribution >= 0.6 is 11.6 Å². The van der Waals surface area contributed by atoms with Gasteiger partial charge in [-0.2, -0.15) is 0 Å². The predicted molar refractivity (Wildman–Crippen MR) is 113 cm³/mol. The van der Waals surface area contributed by atoms with Crippen molar-refractivity contribution in [2.45, 2.75) is 30.3 Å². The van der Waals surface area contributed by atoms with Crippen LogP contribution in [0.5, 0.6) is 5.75 Å². The number of primary sulfonamides is 1. The highest BCUT2D eigenvalue weighted by molar-refractivity contribution is 7.89. The fourth-order valence-electron chi connectivity index (χ4n) is 3.32. The monoisotopic (exact) mass is 437 g/mol. The average molecular weight is 438 g/mol. The van der Waals surface area contributed by atoms with E-state index in [2.05, 4.69) is 10.2 Å². The Kier molecular flexibility index (Phi) is 6.79. The summed E-state index contributed by atoms with van der Waals surface area (Å²) in [4.78, 5) is 14.3. The first-order chi connectivity index (χ1) is 13.7. The second-order valence-electron chi connectivity index (χ2n) is 7.17. The van der Waals surface area contributed by atoms with Gasteiger partial charge in [-0.05, 0) is 56.3 Å². The molecule has 1 saturated heterocycles. The molecule has 2 aromatic carbocycles. The number of likely N-dealkylation sites (N-methyl/N-ethyl adjacent to an activating group) is 1. The Morgan fingerprint density at radius 3 is 2.76 bits per heavy atom. The van der Waals surface area contributed by atoms with Crippen LogP contribution in [0, 0.1) is 0 Å². The van der Waals surface area contributed by atoms with Gasteiger partial charge >= 0.3 is 0 Å². The van der Waals surface area contributed by atoms with Gasteiger partial charge in [0.15, 0.2) is 0 Å². The second kappa shape index (κ2) is 9.13. The van der Waals surface area contributed by atoms with E-state index < -0.39 is 10.0 Å². The third kappa shape index (κ3) is 5.93. The number of hydrogen-bond donors (Lipinski definition) is 2. The molecular formula is C20H24ClN3O4S. The van der Waals surface area contributed by atoms with Gasteiger partial charge in [-0.3, -0.25) is 4.79 Å². The Morgan fingerprint density at radius 2 is 2.07 bits per heavy atom. The van der Waals surface area contributed by atoms with Crippen molar-refractivity contribution in [2.24, 2.45) is 5.14 Å². The summed E-state index contributed by atoms with van der Waals surface area (Å²) in [6.45, 7) is 1.69. The van der Waals surface area contributed by atoms with Crippen LogP contribution in [0.15, 0.2) is 47.4 Å². The van der Waals surface area contributed by atoms with Crippen LogP contribution in [-0.2, 0) is 21.2 Å². The molecule has 1 unspecified atom stereocenters. The molecule has 0 aliphatic carbocycles. The maximum absolute atomic E-state index is 12.3. The van der Waals surface area contributed by atoms with Crippen molar-refractivity contribution in [3.05, 3.63) is 53.1 Å². The first-order valence-electron chi connectivity index (χ1n) is 9.27. The molecule has 0 saturated carbocycles. The molecule has 0 radical (unpaired) electrons. The summed E-state index contributed by atoms with van der Waals surface area (Å²) in [5.41, 5.74) is 0.999. The first-order valence-corrected chi connectivity index (χ1v) is 11.2. The number of nitrogens with one attached hydrogen (secondary N) is 1. The van der Waals surface area contributed by atoms with Gasteiger partial charge in [0.25, 0.3) is 0 Å². The van der Waals surface area contributed by atoms with E-state index in [9.17, 15) is 13.2 Å². The van der Waals surface area contributed by atoms with Crippen molar-refractivity contribution in [1.82, 2.24) is 4.90 Å². The second-order valence-corrected chi connectivity index (χ2v) is 9.10. The molecule has 1 heterocycles. The SMILES string of the molecule is CN1CCCC(Oc2ccc(NC(=O)Cc3ccccc3Cl)cc2S(N)(=O)=O)C1. The number of rotatable bonds is 6. The third-order valence-corrected chi connectivity index (χ3v) is 6.02. The molecule has 3 rings (SSSR count). The number of ether oxygens (including phenoxy) is 1. The molecule has 7 nitrogen and oxygen atoms in total. The van der Waals surface area contributed by atoms with Crippen molar-refractivity contribution in [3.63, 3.8) is 0 Å². The largest absolute Gasteiger partial charge is 0.488 e. The molecule has 0 bridgehead atoms. The highest BCUT2D eigenvalue weighted by Crippen LogP contribution is 2.29. The quantitative estimate of drug-likeness (QED) is 0.723. The Bertz CT molecular complexity index is 997. The minimum absolute atomic E-state index is 0.0665. The van der Waals surface area contributed by atoms with Crippen molar-refractivity contribution in [1.29, 1.82) is 0 Å². The Labute approximate surface area is 175 Å². The lowest BCUT2D eigenvalue weighted by Crippen LogP contribution is -2.38. The average Bonchev–Trinajstić information content (AvgIpc) is 2.64. The number of likely N-dealkylation sites (tertiary alicyclic amines) is 1. The summed E-state index contributed by atoms with van der Waals surface area (Å²) in [7, 11) is -2.04. The van der Waals surface area contributed by atoms with E-state index >= 15 is 0 Å². The number of piperidine rings is 1. The van der Waals surface area contributed by atoms with Crippen molar-refractivity contribution in [2.75, 3.05) is 25.5 Å². The summed E-state index contributed by atoms with van der Waals surface area (Å²) in [6, 6.07) is 11.5. The van der Waals surface area contributed by atoms with Crippen molar-refractivity contribution < 1.29 is 17.9 Å². The zero-order chi connectivity index (χ0) is 21.0. The molecule has 1 aliphatic rings. The molecular weight excluding hydrogens is 414 g/mol. The molecule has 1 amide bonds. The molecule has 1 atom stereocenters. The number of amides is 1. The smallest absolute Gasteiger partial charge is 0.241 e. The van der Waals surface area contributed by atoms with E-state index in [-0.39, 0.29) is 29.1 Å². The highest BCUT2D eigenvalue weighted by atomic mass is 35.5. The fourth-order valence-corrected chi connectivity index (χ4v) is 4.21. The van der Waals surface area contributed by atoms with Crippen molar-refractivity contribution >= 4 is 33.2 Å². The summed E-state index contributed by atoms with van der Waals surface area (Å²) < 4.78 is 30.1. The van der Waals surface area contributed by atoms with Crippen LogP contribution in [0.4, 0.5) is 5.69 Å². The number of sulfonamides is 1. The molecule has 0 aromatic heterocycles.